The Hall–Kier alpha value is -0.0800. The van der Waals surface area contributed by atoms with Gasteiger partial charge in [0.15, 0.2) is 0 Å². The molecule has 78 valence electrons. The molecule has 1 aliphatic carbocycles. The standard InChI is InChI=1S/C11H23NO/c1-12(9-10-13)8-7-11-5-3-2-4-6-11/h11,13H,2-10H2,1H3. The molecule has 0 radical (unpaired) electrons. The van der Waals surface area contributed by atoms with E-state index in [2.05, 4.69) is 11.9 Å². The third-order valence-corrected chi connectivity index (χ3v) is 3.13. The summed E-state index contributed by atoms with van der Waals surface area (Å²) >= 11 is 0. The van der Waals surface area contributed by atoms with Crippen molar-refractivity contribution in [3.8, 4) is 0 Å². The van der Waals surface area contributed by atoms with E-state index in [0.29, 0.717) is 6.61 Å². The lowest BCUT2D eigenvalue weighted by atomic mass is 9.87. The van der Waals surface area contributed by atoms with E-state index in [4.69, 9.17) is 5.11 Å². The molecule has 0 atom stereocenters. The number of aliphatic hydroxyl groups excluding tert-OH is 1. The Labute approximate surface area is 81.9 Å². The zero-order valence-corrected chi connectivity index (χ0v) is 8.84. The SMILES string of the molecule is CN(CCO)CCC1CCCCC1. The van der Waals surface area contributed by atoms with Crippen LogP contribution >= 0.6 is 0 Å². The predicted octanol–water partition coefficient (Wildman–Crippen LogP) is 1.88. The van der Waals surface area contributed by atoms with Crippen molar-refractivity contribution in [2.24, 2.45) is 5.92 Å². The maximum Gasteiger partial charge on any atom is 0.0558 e. The Morgan fingerprint density at radius 3 is 2.46 bits per heavy atom. The molecule has 0 unspecified atom stereocenters. The zero-order chi connectivity index (χ0) is 9.52. The normalized spacial score (nSPS) is 19.6. The summed E-state index contributed by atoms with van der Waals surface area (Å²) in [6.45, 7) is 2.28. The molecular formula is C11H23NO. The summed E-state index contributed by atoms with van der Waals surface area (Å²) in [7, 11) is 2.10. The average molecular weight is 185 g/mol. The molecule has 0 saturated heterocycles. The van der Waals surface area contributed by atoms with E-state index in [1.165, 1.54) is 38.5 Å². The molecule has 2 nitrogen and oxygen atoms in total. The lowest BCUT2D eigenvalue weighted by molar-refractivity contribution is 0.205. The van der Waals surface area contributed by atoms with Crippen molar-refractivity contribution in [1.82, 2.24) is 4.90 Å². The molecule has 0 aromatic rings. The van der Waals surface area contributed by atoms with Crippen LogP contribution < -0.4 is 0 Å². The van der Waals surface area contributed by atoms with Gasteiger partial charge in [0.2, 0.25) is 0 Å². The smallest absolute Gasteiger partial charge is 0.0558 e. The van der Waals surface area contributed by atoms with Crippen molar-refractivity contribution in [3.05, 3.63) is 0 Å². The minimum absolute atomic E-state index is 0.293. The second-order valence-electron chi connectivity index (χ2n) is 4.32. The van der Waals surface area contributed by atoms with Crippen molar-refractivity contribution < 1.29 is 5.11 Å². The van der Waals surface area contributed by atoms with Crippen LogP contribution in [0.5, 0.6) is 0 Å². The van der Waals surface area contributed by atoms with Crippen LogP contribution in [0.4, 0.5) is 0 Å². The van der Waals surface area contributed by atoms with Crippen LogP contribution in [0.2, 0.25) is 0 Å². The fourth-order valence-corrected chi connectivity index (χ4v) is 2.16. The summed E-state index contributed by atoms with van der Waals surface area (Å²) in [5.41, 5.74) is 0. The van der Waals surface area contributed by atoms with Gasteiger partial charge in [-0.15, -0.1) is 0 Å². The third-order valence-electron chi connectivity index (χ3n) is 3.13. The Bertz CT molecular complexity index is 121. The van der Waals surface area contributed by atoms with Gasteiger partial charge in [-0.25, -0.2) is 0 Å². The van der Waals surface area contributed by atoms with Gasteiger partial charge in [0, 0.05) is 6.54 Å². The van der Waals surface area contributed by atoms with Crippen LogP contribution in [0.1, 0.15) is 38.5 Å². The molecule has 13 heavy (non-hydrogen) atoms. The molecule has 1 N–H and O–H groups in total. The van der Waals surface area contributed by atoms with Gasteiger partial charge in [-0.2, -0.15) is 0 Å². The van der Waals surface area contributed by atoms with E-state index in [-0.39, 0.29) is 0 Å². The van der Waals surface area contributed by atoms with Gasteiger partial charge in [0.25, 0.3) is 0 Å². The molecule has 0 aromatic carbocycles. The number of hydrogen-bond acceptors (Lipinski definition) is 2. The van der Waals surface area contributed by atoms with Gasteiger partial charge in [-0.05, 0) is 25.9 Å². The molecule has 0 spiro atoms. The summed E-state index contributed by atoms with van der Waals surface area (Å²) < 4.78 is 0. The monoisotopic (exact) mass is 185 g/mol. The van der Waals surface area contributed by atoms with Crippen LogP contribution in [0.3, 0.4) is 0 Å². The molecule has 0 bridgehead atoms. The largest absolute Gasteiger partial charge is 0.395 e. The fourth-order valence-electron chi connectivity index (χ4n) is 2.16. The van der Waals surface area contributed by atoms with Gasteiger partial charge in [-0.1, -0.05) is 32.1 Å². The van der Waals surface area contributed by atoms with Gasteiger partial charge in [0.1, 0.15) is 0 Å². The summed E-state index contributed by atoms with van der Waals surface area (Å²) in [4.78, 5) is 2.23. The number of rotatable bonds is 5. The highest BCUT2D eigenvalue weighted by Crippen LogP contribution is 2.26. The van der Waals surface area contributed by atoms with Crippen molar-refractivity contribution in [1.29, 1.82) is 0 Å². The molecule has 1 aliphatic rings. The highest BCUT2D eigenvalue weighted by molar-refractivity contribution is 4.67. The van der Waals surface area contributed by atoms with E-state index in [1.807, 2.05) is 0 Å². The van der Waals surface area contributed by atoms with Crippen LogP contribution in [0.25, 0.3) is 0 Å². The first kappa shape index (κ1) is 11.0. The third kappa shape index (κ3) is 4.63. The lowest BCUT2D eigenvalue weighted by Gasteiger charge is -2.24. The summed E-state index contributed by atoms with van der Waals surface area (Å²) in [6, 6.07) is 0. The van der Waals surface area contributed by atoms with Gasteiger partial charge < -0.3 is 10.0 Å². The maximum absolute atomic E-state index is 8.73. The van der Waals surface area contributed by atoms with E-state index < -0.39 is 0 Å². The highest BCUT2D eigenvalue weighted by atomic mass is 16.3. The Morgan fingerprint density at radius 2 is 1.85 bits per heavy atom. The first-order valence-electron chi connectivity index (χ1n) is 5.62. The minimum atomic E-state index is 0.293. The van der Waals surface area contributed by atoms with Crippen molar-refractivity contribution in [3.63, 3.8) is 0 Å². The molecule has 2 heteroatoms. The van der Waals surface area contributed by atoms with E-state index >= 15 is 0 Å². The Morgan fingerprint density at radius 1 is 1.15 bits per heavy atom. The van der Waals surface area contributed by atoms with E-state index in [1.54, 1.807) is 0 Å². The highest BCUT2D eigenvalue weighted by Gasteiger charge is 2.13. The molecule has 0 aliphatic heterocycles. The average Bonchev–Trinajstić information content (AvgIpc) is 2.17. The van der Waals surface area contributed by atoms with Crippen molar-refractivity contribution >= 4 is 0 Å². The molecule has 0 amide bonds. The number of hydrogen-bond donors (Lipinski definition) is 1. The molecule has 0 aromatic heterocycles. The molecule has 1 fully saturated rings. The van der Waals surface area contributed by atoms with Gasteiger partial charge in [0.05, 0.1) is 6.61 Å². The van der Waals surface area contributed by atoms with Gasteiger partial charge in [-0.3, -0.25) is 0 Å². The quantitative estimate of drug-likeness (QED) is 0.707. The molecular weight excluding hydrogens is 162 g/mol. The topological polar surface area (TPSA) is 23.5 Å². The van der Waals surface area contributed by atoms with E-state index in [0.717, 1.165) is 19.0 Å². The lowest BCUT2D eigenvalue weighted by Crippen LogP contribution is -2.25. The summed E-state index contributed by atoms with van der Waals surface area (Å²) in [5, 5.41) is 8.73. The first-order valence-corrected chi connectivity index (χ1v) is 5.62. The van der Waals surface area contributed by atoms with Crippen LogP contribution in [-0.4, -0.2) is 36.8 Å². The van der Waals surface area contributed by atoms with E-state index in [9.17, 15) is 0 Å². The summed E-state index contributed by atoms with van der Waals surface area (Å²) in [5.74, 6) is 0.967. The fraction of sp³-hybridized carbons (Fsp3) is 1.00. The second-order valence-corrected chi connectivity index (χ2v) is 4.32. The van der Waals surface area contributed by atoms with Crippen molar-refractivity contribution in [2.45, 2.75) is 38.5 Å². The number of nitrogens with zero attached hydrogens (tertiary/aromatic N) is 1. The maximum atomic E-state index is 8.73. The van der Waals surface area contributed by atoms with Crippen molar-refractivity contribution in [2.75, 3.05) is 26.7 Å². The first-order chi connectivity index (χ1) is 6.33. The Kier molecular flexibility index (Phi) is 5.40. The molecule has 1 rings (SSSR count). The van der Waals surface area contributed by atoms with Gasteiger partial charge >= 0.3 is 0 Å². The predicted molar refractivity (Wildman–Crippen MR) is 55.8 cm³/mol. The van der Waals surface area contributed by atoms with Crippen LogP contribution in [0, 0.1) is 5.92 Å². The zero-order valence-electron chi connectivity index (χ0n) is 8.84. The molecule has 0 heterocycles. The Balaban J connectivity index is 2.03. The van der Waals surface area contributed by atoms with Crippen LogP contribution in [0.15, 0.2) is 0 Å². The minimum Gasteiger partial charge on any atom is -0.395 e. The second kappa shape index (κ2) is 6.39. The summed E-state index contributed by atoms with van der Waals surface area (Å²) in [6.07, 6.45) is 8.53. The number of aliphatic hydroxyl groups is 1. The number of likely N-dealkylation sites (N-methyl/N-ethyl adjacent to an activating group) is 1. The molecule has 1 saturated carbocycles. The van der Waals surface area contributed by atoms with Crippen LogP contribution in [-0.2, 0) is 0 Å².